The minimum Gasteiger partial charge on any atom is -0.506 e. The second kappa shape index (κ2) is 2.91. The fourth-order valence-corrected chi connectivity index (χ4v) is 1.20. The lowest BCUT2D eigenvalue weighted by atomic mass is 10.2. The number of carbonyl (C=O) groups is 1. The summed E-state index contributed by atoms with van der Waals surface area (Å²) in [5.41, 5.74) is 0.796. The van der Waals surface area contributed by atoms with Crippen molar-refractivity contribution in [1.82, 2.24) is 10.2 Å². The second-order valence-corrected chi connectivity index (χ2v) is 2.76. The molecular weight excluding hydrogens is 186 g/mol. The number of H-pyrrole nitrogens is 1. The first-order valence-corrected chi connectivity index (χ1v) is 3.83. The summed E-state index contributed by atoms with van der Waals surface area (Å²) in [5, 5.41) is 27.1. The van der Waals surface area contributed by atoms with Crippen LogP contribution in [0.5, 0.6) is 5.75 Å². The number of phenols is 1. The number of nitrogens with one attached hydrogen (secondary N) is 2. The van der Waals surface area contributed by atoms with E-state index >= 15 is 0 Å². The van der Waals surface area contributed by atoms with Crippen LogP contribution >= 0.6 is 0 Å². The summed E-state index contributed by atoms with van der Waals surface area (Å²) in [7, 11) is 0. The van der Waals surface area contributed by atoms with Gasteiger partial charge in [-0.05, 0) is 6.07 Å². The molecule has 0 bridgehead atoms. The van der Waals surface area contributed by atoms with Gasteiger partial charge < -0.3 is 10.2 Å². The highest BCUT2D eigenvalue weighted by Crippen LogP contribution is 2.27. The largest absolute Gasteiger partial charge is 0.506 e. The fraction of sp³-hybridized carbons (Fsp3) is 0. The summed E-state index contributed by atoms with van der Waals surface area (Å²) >= 11 is 0. The summed E-state index contributed by atoms with van der Waals surface area (Å²) in [6.07, 6.45) is 0.324. The maximum absolute atomic E-state index is 10.3. The van der Waals surface area contributed by atoms with Gasteiger partial charge in [-0.3, -0.25) is 10.4 Å². The molecule has 4 N–H and O–H groups in total. The number of aromatic hydroxyl groups is 1. The fourth-order valence-electron chi connectivity index (χ4n) is 1.20. The van der Waals surface area contributed by atoms with Gasteiger partial charge in [0, 0.05) is 11.5 Å². The molecule has 0 atom stereocenters. The number of nitrogens with zero attached hydrogens (tertiary/aromatic N) is 1. The minimum absolute atomic E-state index is 0.135. The molecule has 0 aliphatic heterocycles. The van der Waals surface area contributed by atoms with Crippen molar-refractivity contribution in [3.8, 4) is 5.75 Å². The monoisotopic (exact) mass is 193 g/mol. The quantitative estimate of drug-likeness (QED) is 0.514. The summed E-state index contributed by atoms with van der Waals surface area (Å²) in [6, 6.07) is 2.91. The highest BCUT2D eigenvalue weighted by molar-refractivity contribution is 5.91. The summed E-state index contributed by atoms with van der Waals surface area (Å²) in [6.45, 7) is 0. The molecule has 0 radical (unpaired) electrons. The summed E-state index contributed by atoms with van der Waals surface area (Å²) in [4.78, 5) is 10.3. The lowest BCUT2D eigenvalue weighted by Gasteiger charge is -2.03. The molecule has 0 aliphatic rings. The van der Waals surface area contributed by atoms with E-state index in [4.69, 9.17) is 5.11 Å². The van der Waals surface area contributed by atoms with E-state index in [-0.39, 0.29) is 11.4 Å². The van der Waals surface area contributed by atoms with Gasteiger partial charge in [0.25, 0.3) is 0 Å². The molecule has 0 saturated carbocycles. The van der Waals surface area contributed by atoms with Gasteiger partial charge in [-0.25, -0.2) is 4.79 Å². The molecular formula is C8H7N3O3. The SMILES string of the molecule is O=C(O)Nc1cc2cn[nH]c2cc1O. The van der Waals surface area contributed by atoms with Gasteiger partial charge in [-0.1, -0.05) is 0 Å². The topological polar surface area (TPSA) is 98.2 Å². The Morgan fingerprint density at radius 2 is 2.29 bits per heavy atom. The first kappa shape index (κ1) is 8.36. The van der Waals surface area contributed by atoms with Crippen molar-refractivity contribution in [3.63, 3.8) is 0 Å². The predicted octanol–water partition coefficient (Wildman–Crippen LogP) is 1.36. The van der Waals surface area contributed by atoms with Gasteiger partial charge >= 0.3 is 6.09 Å². The Hall–Kier alpha value is -2.24. The second-order valence-electron chi connectivity index (χ2n) is 2.76. The van der Waals surface area contributed by atoms with E-state index in [0.29, 0.717) is 5.52 Å². The molecule has 1 heterocycles. The van der Waals surface area contributed by atoms with Crippen LogP contribution in [0.2, 0.25) is 0 Å². The number of phenolic OH excluding ortho intramolecular Hbond substituents is 1. The van der Waals surface area contributed by atoms with Gasteiger partial charge in [0.15, 0.2) is 0 Å². The van der Waals surface area contributed by atoms with Gasteiger partial charge in [0.2, 0.25) is 0 Å². The number of amides is 1. The highest BCUT2D eigenvalue weighted by Gasteiger charge is 2.07. The average Bonchev–Trinajstić information content (AvgIpc) is 2.51. The number of anilines is 1. The maximum atomic E-state index is 10.3. The van der Waals surface area contributed by atoms with E-state index < -0.39 is 6.09 Å². The first-order valence-electron chi connectivity index (χ1n) is 3.83. The Morgan fingerprint density at radius 3 is 3.00 bits per heavy atom. The van der Waals surface area contributed by atoms with Crippen LogP contribution in [0.1, 0.15) is 0 Å². The molecule has 6 heteroatoms. The zero-order chi connectivity index (χ0) is 10.1. The third-order valence-corrected chi connectivity index (χ3v) is 1.80. The van der Waals surface area contributed by atoms with Crippen molar-refractivity contribution in [1.29, 1.82) is 0 Å². The van der Waals surface area contributed by atoms with E-state index in [2.05, 4.69) is 15.5 Å². The van der Waals surface area contributed by atoms with Crippen LogP contribution in [0.4, 0.5) is 10.5 Å². The Morgan fingerprint density at radius 1 is 1.50 bits per heavy atom. The van der Waals surface area contributed by atoms with E-state index in [1.807, 2.05) is 0 Å². The Bertz CT molecular complexity index is 492. The van der Waals surface area contributed by atoms with Crippen LogP contribution in [-0.4, -0.2) is 26.5 Å². The molecule has 0 aliphatic carbocycles. The number of carboxylic acid groups (broad SMARTS) is 1. The summed E-state index contributed by atoms with van der Waals surface area (Å²) in [5.74, 6) is -0.135. The van der Waals surface area contributed by atoms with Crippen LogP contribution in [0.15, 0.2) is 18.3 Å². The number of fused-ring (bicyclic) bond motifs is 1. The van der Waals surface area contributed by atoms with Gasteiger partial charge in [-0.2, -0.15) is 5.10 Å². The summed E-state index contributed by atoms with van der Waals surface area (Å²) < 4.78 is 0. The molecule has 1 aromatic carbocycles. The minimum atomic E-state index is -1.22. The van der Waals surface area contributed by atoms with Crippen molar-refractivity contribution in [3.05, 3.63) is 18.3 Å². The first-order chi connectivity index (χ1) is 6.66. The molecule has 1 amide bonds. The van der Waals surface area contributed by atoms with E-state index in [9.17, 15) is 9.90 Å². The maximum Gasteiger partial charge on any atom is 0.409 e. The van der Waals surface area contributed by atoms with E-state index in [1.54, 1.807) is 6.20 Å². The average molecular weight is 193 g/mol. The number of aromatic amines is 1. The molecule has 0 fully saturated rings. The van der Waals surface area contributed by atoms with Crippen LogP contribution in [0, 0.1) is 0 Å². The van der Waals surface area contributed by atoms with Crippen molar-refractivity contribution in [2.75, 3.05) is 5.32 Å². The highest BCUT2D eigenvalue weighted by atomic mass is 16.4. The normalized spacial score (nSPS) is 10.3. The lowest BCUT2D eigenvalue weighted by Crippen LogP contribution is -2.07. The zero-order valence-electron chi connectivity index (χ0n) is 6.98. The number of aromatic nitrogens is 2. The van der Waals surface area contributed by atoms with Crippen molar-refractivity contribution in [2.24, 2.45) is 0 Å². The molecule has 0 saturated heterocycles. The third kappa shape index (κ3) is 1.33. The van der Waals surface area contributed by atoms with Gasteiger partial charge in [0.1, 0.15) is 5.75 Å². The number of benzene rings is 1. The van der Waals surface area contributed by atoms with E-state index in [0.717, 1.165) is 5.39 Å². The smallest absolute Gasteiger partial charge is 0.409 e. The number of hydrogen-bond acceptors (Lipinski definition) is 3. The standard InChI is InChI=1S/C8H7N3O3/c12-7-2-5-4(3-9-11-5)1-6(7)10-8(13)14/h1-3,10,12H,(H,9,11)(H,13,14). The molecule has 14 heavy (non-hydrogen) atoms. The molecule has 1 aromatic heterocycles. The zero-order valence-corrected chi connectivity index (χ0v) is 6.98. The number of rotatable bonds is 1. The van der Waals surface area contributed by atoms with Crippen LogP contribution in [0.3, 0.4) is 0 Å². The van der Waals surface area contributed by atoms with E-state index in [1.165, 1.54) is 12.1 Å². The Balaban J connectivity index is 2.53. The van der Waals surface area contributed by atoms with Gasteiger partial charge in [-0.15, -0.1) is 0 Å². The molecule has 72 valence electrons. The van der Waals surface area contributed by atoms with Crippen molar-refractivity contribution >= 4 is 22.7 Å². The lowest BCUT2D eigenvalue weighted by molar-refractivity contribution is 0.209. The Labute approximate surface area is 78.2 Å². The van der Waals surface area contributed by atoms with Gasteiger partial charge in [0.05, 0.1) is 17.4 Å². The van der Waals surface area contributed by atoms with Crippen molar-refractivity contribution in [2.45, 2.75) is 0 Å². The third-order valence-electron chi connectivity index (χ3n) is 1.80. The predicted molar refractivity (Wildman–Crippen MR) is 49.4 cm³/mol. The molecule has 2 aromatic rings. The van der Waals surface area contributed by atoms with Crippen molar-refractivity contribution < 1.29 is 15.0 Å². The molecule has 0 unspecified atom stereocenters. The van der Waals surface area contributed by atoms with Crippen LogP contribution in [0.25, 0.3) is 10.9 Å². The Kier molecular flexibility index (Phi) is 1.74. The molecule has 2 rings (SSSR count). The molecule has 6 nitrogen and oxygen atoms in total. The van der Waals surface area contributed by atoms with Crippen LogP contribution < -0.4 is 5.32 Å². The van der Waals surface area contributed by atoms with Crippen LogP contribution in [-0.2, 0) is 0 Å². The molecule has 0 spiro atoms. The number of hydrogen-bond donors (Lipinski definition) is 4.